The van der Waals surface area contributed by atoms with E-state index in [1.807, 2.05) is 17.0 Å². The zero-order valence-electron chi connectivity index (χ0n) is 25.2. The molecule has 2 saturated carbocycles. The summed E-state index contributed by atoms with van der Waals surface area (Å²) in [6.07, 6.45) is 4.56. The number of pyridine rings is 1. The van der Waals surface area contributed by atoms with Crippen molar-refractivity contribution in [2.75, 3.05) is 20.1 Å². The topological polar surface area (TPSA) is 62.1 Å². The summed E-state index contributed by atoms with van der Waals surface area (Å²) in [5.74, 6) is 7.83. The Hall–Kier alpha value is -3.10. The van der Waals surface area contributed by atoms with Crippen molar-refractivity contribution in [3.8, 4) is 17.6 Å². The molecule has 3 fully saturated rings. The monoisotopic (exact) mass is 585 g/mol. The number of aromatic nitrogens is 1. The second-order valence-electron chi connectivity index (χ2n) is 13.6. The molecule has 4 aliphatic rings. The number of ether oxygens (including phenoxy) is 1. The van der Waals surface area contributed by atoms with Crippen LogP contribution in [0.3, 0.4) is 0 Å². The maximum Gasteiger partial charge on any atom is 0.256 e. The van der Waals surface area contributed by atoms with Crippen LogP contribution < -0.4 is 10.1 Å². The van der Waals surface area contributed by atoms with Crippen molar-refractivity contribution >= 4 is 23.2 Å². The summed E-state index contributed by atoms with van der Waals surface area (Å²) in [4.78, 5) is 26.4. The van der Waals surface area contributed by atoms with Gasteiger partial charge >= 0.3 is 0 Å². The fourth-order valence-corrected chi connectivity index (χ4v) is 8.42. The van der Waals surface area contributed by atoms with Crippen LogP contribution in [0.5, 0.6) is 5.75 Å². The average Bonchev–Trinajstić information content (AvgIpc) is 3.25. The quantitative estimate of drug-likeness (QED) is 0.348. The summed E-state index contributed by atoms with van der Waals surface area (Å²) in [5.41, 5.74) is 2.01. The number of nitrogens with one attached hydrogen (secondary N) is 1. The third-order valence-electron chi connectivity index (χ3n) is 10.1. The van der Waals surface area contributed by atoms with Gasteiger partial charge in [-0.3, -0.25) is 4.79 Å². The number of piperidine rings is 1. The third-order valence-corrected chi connectivity index (χ3v) is 10.4. The van der Waals surface area contributed by atoms with Crippen LogP contribution in [-0.4, -0.2) is 65.1 Å². The molecule has 2 aliphatic heterocycles. The van der Waals surface area contributed by atoms with Gasteiger partial charge in [0.15, 0.2) is 0 Å². The number of halogens is 1. The van der Waals surface area contributed by atoms with E-state index in [2.05, 4.69) is 61.6 Å². The van der Waals surface area contributed by atoms with E-state index in [0.29, 0.717) is 46.6 Å². The zero-order valence-corrected chi connectivity index (χ0v) is 26.0. The lowest BCUT2D eigenvalue weighted by Gasteiger charge is -2.65. The fraction of sp³-hybridized carbons (Fsp3) is 0.559. The Morgan fingerprint density at radius 3 is 2.50 bits per heavy atom. The molecule has 0 spiro atoms. The number of carbonyl (C=O) groups is 1. The maximum atomic E-state index is 13.6. The van der Waals surface area contributed by atoms with E-state index in [1.54, 1.807) is 18.2 Å². The fourth-order valence-electron chi connectivity index (χ4n) is 8.21. The van der Waals surface area contributed by atoms with Crippen LogP contribution in [0.15, 0.2) is 30.3 Å². The summed E-state index contributed by atoms with van der Waals surface area (Å²) < 4.78 is 6.44. The highest BCUT2D eigenvalue weighted by molar-refractivity contribution is 6.33. The van der Waals surface area contributed by atoms with Crippen LogP contribution in [0.4, 0.5) is 5.69 Å². The van der Waals surface area contributed by atoms with Crippen LogP contribution in [0.1, 0.15) is 75.1 Å². The highest BCUT2D eigenvalue weighted by atomic mass is 35.5. The van der Waals surface area contributed by atoms with Crippen LogP contribution in [-0.2, 0) is 6.54 Å². The summed E-state index contributed by atoms with van der Waals surface area (Å²) in [6, 6.07) is 10.3. The molecule has 220 valence electrons. The molecular weight excluding hydrogens is 546 g/mol. The van der Waals surface area contributed by atoms with Gasteiger partial charge in [0.05, 0.1) is 29.4 Å². The molecule has 0 radical (unpaired) electrons. The number of benzene rings is 1. The number of hydrogen-bond donors (Lipinski definition) is 1. The molecule has 1 saturated heterocycles. The number of nitrogens with zero attached hydrogens (tertiary/aromatic N) is 4. The molecule has 7 nitrogen and oxygen atoms in total. The summed E-state index contributed by atoms with van der Waals surface area (Å²) >= 11 is 6.26. The van der Waals surface area contributed by atoms with Gasteiger partial charge in [-0.1, -0.05) is 51.3 Å². The van der Waals surface area contributed by atoms with E-state index in [0.717, 1.165) is 37.3 Å². The van der Waals surface area contributed by atoms with Crippen molar-refractivity contribution in [1.82, 2.24) is 20.1 Å². The molecule has 0 unspecified atom stereocenters. The summed E-state index contributed by atoms with van der Waals surface area (Å²) in [7, 11) is 2.28. The molecule has 2 aromatic rings. The Kier molecular flexibility index (Phi) is 7.50. The van der Waals surface area contributed by atoms with Gasteiger partial charge in [0.2, 0.25) is 5.69 Å². The van der Waals surface area contributed by atoms with Gasteiger partial charge in [0.25, 0.3) is 5.91 Å². The molecular formula is C34H40ClN5O2. The van der Waals surface area contributed by atoms with Crippen molar-refractivity contribution in [2.45, 2.75) is 84.2 Å². The number of rotatable bonds is 5. The smallest absolute Gasteiger partial charge is 0.256 e. The van der Waals surface area contributed by atoms with Crippen LogP contribution in [0, 0.1) is 35.2 Å². The molecule has 42 heavy (non-hydrogen) atoms. The second kappa shape index (κ2) is 10.9. The highest BCUT2D eigenvalue weighted by Gasteiger charge is 2.67. The van der Waals surface area contributed by atoms with E-state index in [-0.39, 0.29) is 28.9 Å². The lowest BCUT2D eigenvalue weighted by atomic mass is 9.49. The molecule has 8 heteroatoms. The molecule has 2 aliphatic carbocycles. The Balaban J connectivity index is 1.10. The van der Waals surface area contributed by atoms with Crippen LogP contribution in [0.25, 0.3) is 4.85 Å². The van der Waals surface area contributed by atoms with Crippen molar-refractivity contribution in [1.29, 1.82) is 0 Å². The van der Waals surface area contributed by atoms with Crippen molar-refractivity contribution in [3.63, 3.8) is 0 Å². The standard InChI is InChI=1S/C34H40ClN5O2/c1-33(2)31(34(3,4)32(33)42-25-10-12-28(36-5)27(35)19-25)40-20-29-26(30(40)41)11-9-22(38-29)8-7-21-17-24(18-21)39(6)23-13-15-37-16-14-23/h9-12,19,21,23-24,31-32,37H,13-18,20H2,1-4,6H3. The minimum Gasteiger partial charge on any atom is -0.489 e. The number of fused-ring (bicyclic) bond motifs is 1. The summed E-state index contributed by atoms with van der Waals surface area (Å²) in [5, 5.41) is 3.83. The van der Waals surface area contributed by atoms with Gasteiger partial charge in [0, 0.05) is 34.9 Å². The van der Waals surface area contributed by atoms with Crippen LogP contribution in [0.2, 0.25) is 5.02 Å². The van der Waals surface area contributed by atoms with Gasteiger partial charge in [0.1, 0.15) is 17.5 Å². The molecule has 1 aromatic carbocycles. The average molecular weight is 586 g/mol. The minimum absolute atomic E-state index is 0.0221. The third kappa shape index (κ3) is 4.96. The molecule has 6 rings (SSSR count). The van der Waals surface area contributed by atoms with Crippen LogP contribution >= 0.6 is 11.6 Å². The Morgan fingerprint density at radius 2 is 1.83 bits per heavy atom. The molecule has 0 bridgehead atoms. The molecule has 0 atom stereocenters. The zero-order chi connectivity index (χ0) is 29.8. The molecule has 1 N–H and O–H groups in total. The number of amides is 1. The van der Waals surface area contributed by atoms with Crippen molar-refractivity contribution < 1.29 is 9.53 Å². The number of carbonyl (C=O) groups excluding carboxylic acids is 1. The van der Waals surface area contributed by atoms with Gasteiger partial charge in [-0.15, -0.1) is 0 Å². The first kappa shape index (κ1) is 29.0. The molecule has 1 aromatic heterocycles. The SMILES string of the molecule is [C-]#[N+]c1ccc(OC2C(C)(C)C(N3Cc4nc(C#CC5CC(N(C)C6CCNCC6)C5)ccc4C3=O)C2(C)C)cc1Cl. The lowest BCUT2D eigenvalue weighted by molar-refractivity contribution is -0.199. The Labute approximate surface area is 254 Å². The normalized spacial score (nSPS) is 27.8. The van der Waals surface area contributed by atoms with E-state index in [1.165, 1.54) is 12.8 Å². The molecule has 1 amide bonds. The summed E-state index contributed by atoms with van der Waals surface area (Å²) in [6.45, 7) is 18.6. The highest BCUT2D eigenvalue weighted by Crippen LogP contribution is 2.59. The minimum atomic E-state index is -0.309. The van der Waals surface area contributed by atoms with Gasteiger partial charge < -0.3 is 19.9 Å². The van der Waals surface area contributed by atoms with Crippen molar-refractivity contribution in [3.05, 3.63) is 63.7 Å². The predicted molar refractivity (Wildman–Crippen MR) is 165 cm³/mol. The Morgan fingerprint density at radius 1 is 1.12 bits per heavy atom. The predicted octanol–water partition coefficient (Wildman–Crippen LogP) is 5.94. The van der Waals surface area contributed by atoms with Gasteiger partial charge in [-0.05, 0) is 76.0 Å². The first-order valence-electron chi connectivity index (χ1n) is 15.1. The number of hydrogen-bond acceptors (Lipinski definition) is 5. The van der Waals surface area contributed by atoms with E-state index in [9.17, 15) is 4.79 Å². The van der Waals surface area contributed by atoms with Gasteiger partial charge in [-0.2, -0.15) is 0 Å². The largest absolute Gasteiger partial charge is 0.489 e. The second-order valence-corrected chi connectivity index (χ2v) is 14.0. The van der Waals surface area contributed by atoms with E-state index in [4.69, 9.17) is 27.9 Å². The Bertz CT molecular complexity index is 1470. The first-order valence-corrected chi connectivity index (χ1v) is 15.5. The lowest BCUT2D eigenvalue weighted by Crippen LogP contribution is -2.74. The molecule has 3 heterocycles. The van der Waals surface area contributed by atoms with Crippen molar-refractivity contribution in [2.24, 2.45) is 16.7 Å². The van der Waals surface area contributed by atoms with E-state index >= 15 is 0 Å². The first-order chi connectivity index (χ1) is 20.0. The van der Waals surface area contributed by atoms with Gasteiger partial charge in [-0.25, -0.2) is 9.83 Å². The maximum absolute atomic E-state index is 13.6. The van der Waals surface area contributed by atoms with E-state index < -0.39 is 0 Å².